The predicted molar refractivity (Wildman–Crippen MR) is 64.3 cm³/mol. The smallest absolute Gasteiger partial charge is 0.237 e. The first-order valence-electron chi connectivity index (χ1n) is 6.29. The second kappa shape index (κ2) is 7.63. The van der Waals surface area contributed by atoms with Gasteiger partial charge in [0.05, 0.1) is 12.6 Å². The van der Waals surface area contributed by atoms with E-state index < -0.39 is 0 Å². The summed E-state index contributed by atoms with van der Waals surface area (Å²) >= 11 is 0. The summed E-state index contributed by atoms with van der Waals surface area (Å²) in [6.07, 6.45) is 3.15. The van der Waals surface area contributed by atoms with Crippen molar-refractivity contribution >= 4 is 5.91 Å². The molecular formula is C12H24N2O2. The van der Waals surface area contributed by atoms with Gasteiger partial charge in [0.2, 0.25) is 5.91 Å². The molecule has 0 aliphatic carbocycles. The molecule has 1 saturated heterocycles. The molecule has 1 aliphatic rings. The Kier molecular flexibility index (Phi) is 6.42. The molecule has 94 valence electrons. The number of rotatable bonds is 6. The minimum absolute atomic E-state index is 0.0230. The van der Waals surface area contributed by atoms with Gasteiger partial charge in [-0.1, -0.05) is 13.8 Å². The van der Waals surface area contributed by atoms with E-state index in [0.717, 1.165) is 39.0 Å². The van der Waals surface area contributed by atoms with Crippen molar-refractivity contribution in [2.45, 2.75) is 39.2 Å². The second-order valence-corrected chi connectivity index (χ2v) is 4.76. The molecule has 0 aromatic carbocycles. The summed E-state index contributed by atoms with van der Waals surface area (Å²) in [5.41, 5.74) is 0. The fraction of sp³-hybridized carbons (Fsp3) is 0.917. The van der Waals surface area contributed by atoms with Crippen molar-refractivity contribution in [3.05, 3.63) is 0 Å². The Balaban J connectivity index is 2.08. The van der Waals surface area contributed by atoms with E-state index in [9.17, 15) is 4.79 Å². The van der Waals surface area contributed by atoms with Gasteiger partial charge in [0.25, 0.3) is 0 Å². The quantitative estimate of drug-likeness (QED) is 0.665. The summed E-state index contributed by atoms with van der Waals surface area (Å²) in [4.78, 5) is 11.6. The average molecular weight is 228 g/mol. The highest BCUT2D eigenvalue weighted by atomic mass is 16.5. The van der Waals surface area contributed by atoms with E-state index >= 15 is 0 Å². The molecule has 1 unspecified atom stereocenters. The molecule has 0 spiro atoms. The average Bonchev–Trinajstić information content (AvgIpc) is 2.43. The minimum atomic E-state index is -0.0230. The molecule has 1 heterocycles. The van der Waals surface area contributed by atoms with Crippen LogP contribution >= 0.6 is 0 Å². The van der Waals surface area contributed by atoms with Crippen molar-refractivity contribution in [3.8, 4) is 0 Å². The van der Waals surface area contributed by atoms with Crippen LogP contribution in [-0.2, 0) is 9.53 Å². The van der Waals surface area contributed by atoms with Crippen LogP contribution in [-0.4, -0.2) is 38.3 Å². The van der Waals surface area contributed by atoms with Gasteiger partial charge in [0.15, 0.2) is 0 Å². The number of hydrogen-bond donors (Lipinski definition) is 2. The van der Waals surface area contributed by atoms with Gasteiger partial charge in [-0.15, -0.1) is 0 Å². The third-order valence-corrected chi connectivity index (χ3v) is 2.62. The minimum Gasteiger partial charge on any atom is -0.380 e. The van der Waals surface area contributed by atoms with Crippen LogP contribution in [0.25, 0.3) is 0 Å². The topological polar surface area (TPSA) is 50.4 Å². The van der Waals surface area contributed by atoms with Crippen LogP contribution < -0.4 is 10.6 Å². The summed E-state index contributed by atoms with van der Waals surface area (Å²) in [6, 6.07) is -0.0230. The van der Waals surface area contributed by atoms with E-state index in [-0.39, 0.29) is 11.9 Å². The van der Waals surface area contributed by atoms with Crippen LogP contribution in [0.3, 0.4) is 0 Å². The number of carbonyl (C=O) groups excluding carboxylic acids is 1. The fourth-order valence-corrected chi connectivity index (χ4v) is 1.76. The molecular weight excluding hydrogens is 204 g/mol. The van der Waals surface area contributed by atoms with Gasteiger partial charge in [-0.3, -0.25) is 4.79 Å². The molecule has 1 rings (SSSR count). The zero-order valence-electron chi connectivity index (χ0n) is 10.4. The molecule has 4 heteroatoms. The van der Waals surface area contributed by atoms with Crippen LogP contribution in [0.5, 0.6) is 0 Å². The lowest BCUT2D eigenvalue weighted by Crippen LogP contribution is -2.43. The van der Waals surface area contributed by atoms with Crippen molar-refractivity contribution in [2.75, 3.05) is 26.3 Å². The molecule has 1 amide bonds. The lowest BCUT2D eigenvalue weighted by Gasteiger charge is -2.15. The van der Waals surface area contributed by atoms with Gasteiger partial charge >= 0.3 is 0 Å². The maximum Gasteiger partial charge on any atom is 0.237 e. The molecule has 1 atom stereocenters. The number of nitrogens with one attached hydrogen (secondary N) is 2. The monoisotopic (exact) mass is 228 g/mol. The highest BCUT2D eigenvalue weighted by Gasteiger charge is 2.19. The number of hydrogen-bond acceptors (Lipinski definition) is 3. The van der Waals surface area contributed by atoms with Gasteiger partial charge in [0.1, 0.15) is 0 Å². The molecule has 2 N–H and O–H groups in total. The van der Waals surface area contributed by atoms with Crippen molar-refractivity contribution in [2.24, 2.45) is 5.92 Å². The van der Waals surface area contributed by atoms with E-state index in [2.05, 4.69) is 24.5 Å². The molecule has 0 radical (unpaired) electrons. The van der Waals surface area contributed by atoms with Crippen LogP contribution in [0.2, 0.25) is 0 Å². The number of ether oxygens (including phenoxy) is 1. The Morgan fingerprint density at radius 1 is 1.50 bits per heavy atom. The van der Waals surface area contributed by atoms with Gasteiger partial charge in [-0.05, 0) is 25.2 Å². The lowest BCUT2D eigenvalue weighted by molar-refractivity contribution is -0.122. The Morgan fingerprint density at radius 2 is 2.31 bits per heavy atom. The highest BCUT2D eigenvalue weighted by molar-refractivity contribution is 5.81. The first kappa shape index (κ1) is 13.5. The van der Waals surface area contributed by atoms with Gasteiger partial charge in [-0.25, -0.2) is 0 Å². The molecule has 0 bridgehead atoms. The first-order valence-corrected chi connectivity index (χ1v) is 6.29. The molecule has 1 aliphatic heterocycles. The van der Waals surface area contributed by atoms with Gasteiger partial charge < -0.3 is 15.4 Å². The zero-order chi connectivity index (χ0) is 11.8. The molecule has 0 saturated carbocycles. The molecule has 1 fully saturated rings. The third-order valence-electron chi connectivity index (χ3n) is 2.62. The van der Waals surface area contributed by atoms with Crippen molar-refractivity contribution < 1.29 is 9.53 Å². The molecule has 16 heavy (non-hydrogen) atoms. The lowest BCUT2D eigenvalue weighted by atomic mass is 10.1. The van der Waals surface area contributed by atoms with E-state index in [1.807, 2.05) is 0 Å². The van der Waals surface area contributed by atoms with Crippen molar-refractivity contribution in [1.82, 2.24) is 10.6 Å². The van der Waals surface area contributed by atoms with Crippen LogP contribution in [0.15, 0.2) is 0 Å². The summed E-state index contributed by atoms with van der Waals surface area (Å²) in [7, 11) is 0. The third kappa shape index (κ3) is 5.47. The Labute approximate surface area is 98.1 Å². The largest absolute Gasteiger partial charge is 0.380 e. The molecule has 4 nitrogen and oxygen atoms in total. The SMILES string of the molecule is CC(C)COCCNC1CCCCNC1=O. The van der Waals surface area contributed by atoms with E-state index in [4.69, 9.17) is 4.74 Å². The van der Waals surface area contributed by atoms with Gasteiger partial charge in [-0.2, -0.15) is 0 Å². The summed E-state index contributed by atoms with van der Waals surface area (Å²) in [5.74, 6) is 0.711. The summed E-state index contributed by atoms with van der Waals surface area (Å²) in [6.45, 7) is 7.31. The fourth-order valence-electron chi connectivity index (χ4n) is 1.76. The molecule has 0 aromatic rings. The van der Waals surface area contributed by atoms with Crippen molar-refractivity contribution in [1.29, 1.82) is 0 Å². The maximum absolute atomic E-state index is 11.6. The van der Waals surface area contributed by atoms with Crippen LogP contribution in [0.4, 0.5) is 0 Å². The van der Waals surface area contributed by atoms with E-state index in [0.29, 0.717) is 12.5 Å². The van der Waals surface area contributed by atoms with E-state index in [1.165, 1.54) is 0 Å². The Hall–Kier alpha value is -0.610. The predicted octanol–water partition coefficient (Wildman–Crippen LogP) is 0.917. The highest BCUT2D eigenvalue weighted by Crippen LogP contribution is 2.04. The normalized spacial score (nSPS) is 21.9. The van der Waals surface area contributed by atoms with Crippen LogP contribution in [0, 0.1) is 5.92 Å². The standard InChI is InChI=1S/C12H24N2O2/c1-10(2)9-16-8-7-13-11-5-3-4-6-14-12(11)15/h10-11,13H,3-9H2,1-2H3,(H,14,15). The Bertz CT molecular complexity index is 207. The maximum atomic E-state index is 11.6. The van der Waals surface area contributed by atoms with Gasteiger partial charge in [0, 0.05) is 19.7 Å². The zero-order valence-corrected chi connectivity index (χ0v) is 10.4. The summed E-state index contributed by atoms with van der Waals surface area (Å²) < 4.78 is 5.46. The second-order valence-electron chi connectivity index (χ2n) is 4.76. The first-order chi connectivity index (χ1) is 7.70. The van der Waals surface area contributed by atoms with Crippen molar-refractivity contribution in [3.63, 3.8) is 0 Å². The Morgan fingerprint density at radius 3 is 3.06 bits per heavy atom. The number of amides is 1. The number of carbonyl (C=O) groups is 1. The van der Waals surface area contributed by atoms with E-state index in [1.54, 1.807) is 0 Å². The molecule has 0 aromatic heterocycles. The summed E-state index contributed by atoms with van der Waals surface area (Å²) in [5, 5.41) is 6.16. The van der Waals surface area contributed by atoms with Crippen LogP contribution in [0.1, 0.15) is 33.1 Å².